The summed E-state index contributed by atoms with van der Waals surface area (Å²) in [7, 11) is 0. The molecule has 1 aromatic carbocycles. The summed E-state index contributed by atoms with van der Waals surface area (Å²) < 4.78 is 6.95. The van der Waals surface area contributed by atoms with Crippen molar-refractivity contribution in [2.24, 2.45) is 0 Å². The van der Waals surface area contributed by atoms with E-state index < -0.39 is 0 Å². The summed E-state index contributed by atoms with van der Waals surface area (Å²) in [5, 5.41) is 9.46. The van der Waals surface area contributed by atoms with Crippen molar-refractivity contribution >= 4 is 23.2 Å². The molecule has 27 heavy (non-hydrogen) atoms. The smallest absolute Gasteiger partial charge is 0.228 e. The Kier molecular flexibility index (Phi) is 5.98. The molecule has 0 saturated heterocycles. The molecule has 0 spiro atoms. The van der Waals surface area contributed by atoms with Gasteiger partial charge in [0.25, 0.3) is 0 Å². The van der Waals surface area contributed by atoms with E-state index in [9.17, 15) is 4.79 Å². The zero-order valence-electron chi connectivity index (χ0n) is 15.4. The number of pyridine rings is 1. The number of likely N-dealkylation sites (N-methyl/N-ethyl adjacent to an activating group) is 1. The monoisotopic (exact) mass is 387 g/mol. The van der Waals surface area contributed by atoms with Crippen molar-refractivity contribution in [1.29, 1.82) is 0 Å². The van der Waals surface area contributed by atoms with Crippen LogP contribution in [0.1, 0.15) is 19.5 Å². The number of hydrogen-bond donors (Lipinski definition) is 1. The van der Waals surface area contributed by atoms with Gasteiger partial charge in [-0.2, -0.15) is 0 Å². The number of rotatable bonds is 7. The van der Waals surface area contributed by atoms with E-state index in [0.717, 1.165) is 22.6 Å². The molecule has 7 heteroatoms. The summed E-state index contributed by atoms with van der Waals surface area (Å²) >= 11 is 6.17. The Morgan fingerprint density at radius 3 is 2.52 bits per heavy atom. The predicted octanol–water partition coefficient (Wildman–Crippen LogP) is 3.39. The Hall–Kier alpha value is -2.57. The van der Waals surface area contributed by atoms with Crippen molar-refractivity contribution in [2.75, 3.05) is 19.9 Å². The fourth-order valence-electron chi connectivity index (χ4n) is 3.08. The van der Waals surface area contributed by atoms with E-state index in [1.165, 1.54) is 0 Å². The van der Waals surface area contributed by atoms with Crippen LogP contribution in [0.5, 0.6) is 5.75 Å². The van der Waals surface area contributed by atoms with Crippen molar-refractivity contribution in [3.63, 3.8) is 0 Å². The molecule has 0 radical (unpaired) electrons. The Balaban J connectivity index is 2.07. The molecule has 0 fully saturated rings. The van der Waals surface area contributed by atoms with Crippen LogP contribution in [-0.4, -0.2) is 45.2 Å². The lowest BCUT2D eigenvalue weighted by atomic mass is 10.1. The standard InChI is InChI=1S/C20H22ClN3O3/c1-3-23(4-2)19(26)11-17-20(14-5-8-16(9-6-14)27-13-25)22-18-10-7-15(21)12-24(17)18/h5-10,12,25H,3-4,11,13H2,1-2H3. The first kappa shape index (κ1) is 19.2. The van der Waals surface area contributed by atoms with Crippen molar-refractivity contribution in [3.8, 4) is 17.0 Å². The number of ether oxygens (including phenoxy) is 1. The summed E-state index contributed by atoms with van der Waals surface area (Å²) in [6.07, 6.45) is 2.01. The third-order valence-electron chi connectivity index (χ3n) is 4.48. The molecule has 3 aromatic rings. The minimum atomic E-state index is -0.379. The number of hydrogen-bond acceptors (Lipinski definition) is 4. The molecular formula is C20H22ClN3O3. The molecular weight excluding hydrogens is 366 g/mol. The van der Waals surface area contributed by atoms with Gasteiger partial charge in [0, 0.05) is 24.8 Å². The Bertz CT molecular complexity index is 934. The van der Waals surface area contributed by atoms with Crippen LogP contribution >= 0.6 is 11.6 Å². The van der Waals surface area contributed by atoms with Gasteiger partial charge < -0.3 is 19.1 Å². The third kappa shape index (κ3) is 4.07. The van der Waals surface area contributed by atoms with Crippen molar-refractivity contribution in [1.82, 2.24) is 14.3 Å². The lowest BCUT2D eigenvalue weighted by molar-refractivity contribution is -0.130. The van der Waals surface area contributed by atoms with Gasteiger partial charge in [0.15, 0.2) is 6.79 Å². The van der Waals surface area contributed by atoms with Crippen LogP contribution in [0.25, 0.3) is 16.9 Å². The molecule has 1 N–H and O–H groups in total. The van der Waals surface area contributed by atoms with Gasteiger partial charge >= 0.3 is 0 Å². The Labute approximate surface area is 163 Å². The quantitative estimate of drug-likeness (QED) is 0.631. The van der Waals surface area contributed by atoms with Gasteiger partial charge in [-0.3, -0.25) is 4.79 Å². The lowest BCUT2D eigenvalue weighted by Gasteiger charge is -2.18. The number of aliphatic hydroxyl groups excluding tert-OH is 1. The number of nitrogens with zero attached hydrogens (tertiary/aromatic N) is 3. The minimum Gasteiger partial charge on any atom is -0.468 e. The highest BCUT2D eigenvalue weighted by molar-refractivity contribution is 6.30. The molecule has 0 aliphatic carbocycles. The first-order valence-corrected chi connectivity index (χ1v) is 9.23. The average Bonchev–Trinajstić information content (AvgIpc) is 3.01. The van der Waals surface area contributed by atoms with E-state index in [-0.39, 0.29) is 19.1 Å². The predicted molar refractivity (Wildman–Crippen MR) is 105 cm³/mol. The molecule has 0 unspecified atom stereocenters. The summed E-state index contributed by atoms with van der Waals surface area (Å²) in [5.74, 6) is 0.608. The van der Waals surface area contributed by atoms with E-state index in [0.29, 0.717) is 23.9 Å². The SMILES string of the molecule is CCN(CC)C(=O)Cc1c(-c2ccc(OCO)cc2)nc2ccc(Cl)cn12. The van der Waals surface area contributed by atoms with Gasteiger partial charge in [-0.25, -0.2) is 4.98 Å². The minimum absolute atomic E-state index is 0.0447. The van der Waals surface area contributed by atoms with Gasteiger partial charge in [0.2, 0.25) is 5.91 Å². The lowest BCUT2D eigenvalue weighted by Crippen LogP contribution is -2.32. The number of amides is 1. The van der Waals surface area contributed by atoms with Crippen molar-refractivity contribution in [3.05, 3.63) is 53.3 Å². The van der Waals surface area contributed by atoms with Gasteiger partial charge in [0.05, 0.1) is 22.8 Å². The molecule has 0 saturated carbocycles. The highest BCUT2D eigenvalue weighted by atomic mass is 35.5. The number of carbonyl (C=O) groups excluding carboxylic acids is 1. The molecule has 0 aliphatic rings. The zero-order valence-corrected chi connectivity index (χ0v) is 16.1. The summed E-state index contributed by atoms with van der Waals surface area (Å²) in [6, 6.07) is 10.9. The number of aromatic nitrogens is 2. The highest BCUT2D eigenvalue weighted by Gasteiger charge is 2.19. The van der Waals surface area contributed by atoms with Crippen molar-refractivity contribution in [2.45, 2.75) is 20.3 Å². The van der Waals surface area contributed by atoms with Crippen LogP contribution in [0.4, 0.5) is 0 Å². The Morgan fingerprint density at radius 2 is 1.89 bits per heavy atom. The van der Waals surface area contributed by atoms with Crippen LogP contribution in [0.3, 0.4) is 0 Å². The van der Waals surface area contributed by atoms with Crippen LogP contribution in [0.15, 0.2) is 42.6 Å². The fourth-order valence-corrected chi connectivity index (χ4v) is 3.24. The molecule has 2 aromatic heterocycles. The molecule has 0 atom stereocenters. The van der Waals surface area contributed by atoms with E-state index >= 15 is 0 Å². The number of carbonyl (C=O) groups is 1. The molecule has 0 aliphatic heterocycles. The van der Waals surface area contributed by atoms with Crippen LogP contribution in [0.2, 0.25) is 5.02 Å². The van der Waals surface area contributed by atoms with Gasteiger partial charge in [0.1, 0.15) is 11.4 Å². The number of fused-ring (bicyclic) bond motifs is 1. The molecule has 142 valence electrons. The molecule has 0 bridgehead atoms. The van der Waals surface area contributed by atoms with Gasteiger partial charge in [-0.15, -0.1) is 0 Å². The molecule has 3 rings (SSSR count). The maximum absolute atomic E-state index is 12.7. The topological polar surface area (TPSA) is 67.1 Å². The number of benzene rings is 1. The number of aliphatic hydroxyl groups is 1. The second-order valence-electron chi connectivity index (χ2n) is 6.02. The largest absolute Gasteiger partial charge is 0.468 e. The number of imidazole rings is 1. The van der Waals surface area contributed by atoms with Crippen molar-refractivity contribution < 1.29 is 14.6 Å². The first-order valence-electron chi connectivity index (χ1n) is 8.85. The van der Waals surface area contributed by atoms with E-state index in [2.05, 4.69) is 0 Å². The van der Waals surface area contributed by atoms with E-state index in [1.807, 2.05) is 36.4 Å². The van der Waals surface area contributed by atoms with Crippen LogP contribution in [0, 0.1) is 0 Å². The summed E-state index contributed by atoms with van der Waals surface area (Å²) in [6.45, 7) is 4.88. The van der Waals surface area contributed by atoms with Gasteiger partial charge in [-0.1, -0.05) is 11.6 Å². The Morgan fingerprint density at radius 1 is 1.19 bits per heavy atom. The second kappa shape index (κ2) is 8.41. The number of halogens is 1. The molecule has 1 amide bonds. The first-order chi connectivity index (χ1) is 13.1. The van der Waals surface area contributed by atoms with Crippen LogP contribution < -0.4 is 4.74 Å². The summed E-state index contributed by atoms with van der Waals surface area (Å²) in [4.78, 5) is 19.2. The van der Waals surface area contributed by atoms with E-state index in [1.54, 1.807) is 29.3 Å². The molecule has 6 nitrogen and oxygen atoms in total. The van der Waals surface area contributed by atoms with E-state index in [4.69, 9.17) is 26.4 Å². The highest BCUT2D eigenvalue weighted by Crippen LogP contribution is 2.28. The normalized spacial score (nSPS) is 11.0. The van der Waals surface area contributed by atoms with Crippen LogP contribution in [-0.2, 0) is 11.2 Å². The van der Waals surface area contributed by atoms with Gasteiger partial charge in [-0.05, 0) is 50.2 Å². The zero-order chi connectivity index (χ0) is 19.4. The third-order valence-corrected chi connectivity index (χ3v) is 4.70. The summed E-state index contributed by atoms with van der Waals surface area (Å²) in [5.41, 5.74) is 3.11. The maximum atomic E-state index is 12.7. The molecule has 2 heterocycles. The average molecular weight is 388 g/mol. The maximum Gasteiger partial charge on any atom is 0.228 e. The second-order valence-corrected chi connectivity index (χ2v) is 6.46. The fraction of sp³-hybridized carbons (Fsp3) is 0.300.